The third-order valence-corrected chi connectivity index (χ3v) is 4.58. The Morgan fingerprint density at radius 2 is 1.94 bits per heavy atom. The van der Waals surface area contributed by atoms with Crippen LogP contribution in [0, 0.1) is 6.92 Å². The molecule has 0 amide bonds. The molecule has 0 aliphatic rings. The zero-order chi connectivity index (χ0) is 13.1. The standard InChI is InChI=1S/C14H12Br2ClN/c1-9-3-2-4-13(14(9)16)18-8-10-7-11(15)5-6-12(10)17/h2-7,18H,8H2,1H3. The van der Waals surface area contributed by atoms with Gasteiger partial charge in [-0.25, -0.2) is 0 Å². The molecule has 0 radical (unpaired) electrons. The summed E-state index contributed by atoms with van der Waals surface area (Å²) in [6.45, 7) is 2.77. The predicted molar refractivity (Wildman–Crippen MR) is 85.4 cm³/mol. The summed E-state index contributed by atoms with van der Waals surface area (Å²) in [5, 5.41) is 4.16. The van der Waals surface area contributed by atoms with E-state index in [0.29, 0.717) is 6.54 Å². The summed E-state index contributed by atoms with van der Waals surface area (Å²) in [6.07, 6.45) is 0. The molecule has 0 aliphatic heterocycles. The van der Waals surface area contributed by atoms with E-state index in [1.54, 1.807) is 0 Å². The highest BCUT2D eigenvalue weighted by atomic mass is 79.9. The van der Waals surface area contributed by atoms with Gasteiger partial charge in [-0.15, -0.1) is 0 Å². The molecule has 4 heteroatoms. The maximum Gasteiger partial charge on any atom is 0.0490 e. The minimum atomic E-state index is 0.695. The Bertz CT molecular complexity index is 568. The molecule has 0 spiro atoms. The van der Waals surface area contributed by atoms with Gasteiger partial charge in [0, 0.05) is 26.2 Å². The van der Waals surface area contributed by atoms with Crippen molar-refractivity contribution < 1.29 is 0 Å². The number of hydrogen-bond donors (Lipinski definition) is 1. The molecule has 18 heavy (non-hydrogen) atoms. The molecule has 0 saturated heterocycles. The minimum Gasteiger partial charge on any atom is -0.380 e. The molecular formula is C14H12Br2ClN. The first-order valence-corrected chi connectivity index (χ1v) is 7.47. The summed E-state index contributed by atoms with van der Waals surface area (Å²) in [5.74, 6) is 0. The van der Waals surface area contributed by atoms with Crippen LogP contribution in [0.15, 0.2) is 45.3 Å². The van der Waals surface area contributed by atoms with Gasteiger partial charge in [-0.05, 0) is 58.2 Å². The summed E-state index contributed by atoms with van der Waals surface area (Å²) < 4.78 is 2.13. The molecule has 0 aromatic heterocycles. The van der Waals surface area contributed by atoms with E-state index in [0.717, 1.165) is 25.2 Å². The summed E-state index contributed by atoms with van der Waals surface area (Å²) >= 11 is 13.2. The number of halogens is 3. The second kappa shape index (κ2) is 6.09. The molecule has 2 aromatic carbocycles. The van der Waals surface area contributed by atoms with Crippen LogP contribution in [0.2, 0.25) is 5.02 Å². The van der Waals surface area contributed by atoms with Gasteiger partial charge < -0.3 is 5.32 Å². The maximum atomic E-state index is 6.16. The summed E-state index contributed by atoms with van der Waals surface area (Å²) in [4.78, 5) is 0. The highest BCUT2D eigenvalue weighted by molar-refractivity contribution is 9.11. The number of benzene rings is 2. The van der Waals surface area contributed by atoms with Crippen molar-refractivity contribution in [1.82, 2.24) is 0 Å². The van der Waals surface area contributed by atoms with Crippen molar-refractivity contribution in [3.8, 4) is 0 Å². The van der Waals surface area contributed by atoms with Crippen LogP contribution in [0.5, 0.6) is 0 Å². The Morgan fingerprint density at radius 1 is 1.17 bits per heavy atom. The first kappa shape index (κ1) is 13.9. The molecule has 2 rings (SSSR count). The fraction of sp³-hybridized carbons (Fsp3) is 0.143. The molecule has 0 fully saturated rings. The minimum absolute atomic E-state index is 0.695. The van der Waals surface area contributed by atoms with E-state index in [1.807, 2.05) is 30.3 Å². The lowest BCUT2D eigenvalue weighted by atomic mass is 10.2. The highest BCUT2D eigenvalue weighted by Gasteiger charge is 2.04. The van der Waals surface area contributed by atoms with E-state index < -0.39 is 0 Å². The van der Waals surface area contributed by atoms with Crippen LogP contribution in [0.1, 0.15) is 11.1 Å². The van der Waals surface area contributed by atoms with Gasteiger partial charge in [0.1, 0.15) is 0 Å². The second-order valence-electron chi connectivity index (χ2n) is 4.03. The number of nitrogens with one attached hydrogen (secondary N) is 1. The Labute approximate surface area is 129 Å². The quantitative estimate of drug-likeness (QED) is 0.701. The van der Waals surface area contributed by atoms with E-state index in [-0.39, 0.29) is 0 Å². The van der Waals surface area contributed by atoms with Crippen LogP contribution in [0.25, 0.3) is 0 Å². The third-order valence-electron chi connectivity index (χ3n) is 2.67. The molecule has 1 nitrogen and oxygen atoms in total. The van der Waals surface area contributed by atoms with Crippen LogP contribution < -0.4 is 5.32 Å². The molecule has 0 bridgehead atoms. The van der Waals surface area contributed by atoms with E-state index in [4.69, 9.17) is 11.6 Å². The van der Waals surface area contributed by atoms with Crippen molar-refractivity contribution in [2.24, 2.45) is 0 Å². The van der Waals surface area contributed by atoms with E-state index >= 15 is 0 Å². The van der Waals surface area contributed by atoms with Crippen molar-refractivity contribution >= 4 is 49.1 Å². The average molecular weight is 390 g/mol. The molecule has 0 unspecified atom stereocenters. The molecule has 0 aliphatic carbocycles. The highest BCUT2D eigenvalue weighted by Crippen LogP contribution is 2.27. The van der Waals surface area contributed by atoms with Crippen molar-refractivity contribution in [3.05, 3.63) is 61.5 Å². The van der Waals surface area contributed by atoms with E-state index in [2.05, 4.69) is 50.2 Å². The molecule has 1 N–H and O–H groups in total. The van der Waals surface area contributed by atoms with Gasteiger partial charge >= 0.3 is 0 Å². The zero-order valence-corrected chi connectivity index (χ0v) is 13.7. The van der Waals surface area contributed by atoms with Gasteiger partial charge in [-0.2, -0.15) is 0 Å². The first-order valence-electron chi connectivity index (χ1n) is 5.51. The van der Waals surface area contributed by atoms with Gasteiger partial charge in [0.2, 0.25) is 0 Å². The normalized spacial score (nSPS) is 10.4. The summed E-state index contributed by atoms with van der Waals surface area (Å²) in [7, 11) is 0. The fourth-order valence-electron chi connectivity index (χ4n) is 1.65. The molecule has 94 valence electrons. The first-order chi connectivity index (χ1) is 8.58. The van der Waals surface area contributed by atoms with Crippen molar-refractivity contribution in [2.45, 2.75) is 13.5 Å². The largest absolute Gasteiger partial charge is 0.380 e. The molecular weight excluding hydrogens is 377 g/mol. The molecule has 2 aromatic rings. The molecule has 0 heterocycles. The number of aryl methyl sites for hydroxylation is 1. The van der Waals surface area contributed by atoms with Gasteiger partial charge in [-0.1, -0.05) is 39.7 Å². The Morgan fingerprint density at radius 3 is 2.72 bits per heavy atom. The fourth-order valence-corrected chi connectivity index (χ4v) is 2.65. The lowest BCUT2D eigenvalue weighted by Crippen LogP contribution is -2.01. The van der Waals surface area contributed by atoms with Gasteiger partial charge in [0.25, 0.3) is 0 Å². The van der Waals surface area contributed by atoms with E-state index in [9.17, 15) is 0 Å². The van der Waals surface area contributed by atoms with Gasteiger partial charge in [-0.3, -0.25) is 0 Å². The molecule has 0 atom stereocenters. The maximum absolute atomic E-state index is 6.16. The van der Waals surface area contributed by atoms with Crippen LogP contribution in [0.4, 0.5) is 5.69 Å². The van der Waals surface area contributed by atoms with Gasteiger partial charge in [0.05, 0.1) is 0 Å². The predicted octanol–water partition coefficient (Wildman–Crippen LogP) is 5.79. The van der Waals surface area contributed by atoms with Crippen molar-refractivity contribution in [3.63, 3.8) is 0 Å². The van der Waals surface area contributed by atoms with Crippen LogP contribution >= 0.6 is 43.5 Å². The Kier molecular flexibility index (Phi) is 4.71. The lowest BCUT2D eigenvalue weighted by Gasteiger charge is -2.11. The zero-order valence-electron chi connectivity index (χ0n) is 9.81. The monoisotopic (exact) mass is 387 g/mol. The third kappa shape index (κ3) is 3.28. The average Bonchev–Trinajstić information content (AvgIpc) is 2.35. The van der Waals surface area contributed by atoms with Crippen LogP contribution in [-0.2, 0) is 6.54 Å². The lowest BCUT2D eigenvalue weighted by molar-refractivity contribution is 1.14. The number of hydrogen-bond acceptors (Lipinski definition) is 1. The van der Waals surface area contributed by atoms with Crippen LogP contribution in [0.3, 0.4) is 0 Å². The Hall–Kier alpha value is -0.510. The van der Waals surface area contributed by atoms with Crippen molar-refractivity contribution in [1.29, 1.82) is 0 Å². The SMILES string of the molecule is Cc1cccc(NCc2cc(Br)ccc2Cl)c1Br. The number of rotatable bonds is 3. The topological polar surface area (TPSA) is 12.0 Å². The van der Waals surface area contributed by atoms with E-state index in [1.165, 1.54) is 5.56 Å². The second-order valence-corrected chi connectivity index (χ2v) is 6.14. The Balaban J connectivity index is 2.16. The van der Waals surface area contributed by atoms with Crippen LogP contribution in [-0.4, -0.2) is 0 Å². The summed E-state index contributed by atoms with van der Waals surface area (Å²) in [6, 6.07) is 12.0. The summed E-state index contributed by atoms with van der Waals surface area (Å²) in [5.41, 5.74) is 3.35. The van der Waals surface area contributed by atoms with Gasteiger partial charge in [0.15, 0.2) is 0 Å². The van der Waals surface area contributed by atoms with Crippen molar-refractivity contribution in [2.75, 3.05) is 5.32 Å². The smallest absolute Gasteiger partial charge is 0.0490 e. The number of anilines is 1. The molecule has 0 saturated carbocycles.